The molecule has 0 spiro atoms. The van der Waals surface area contributed by atoms with E-state index in [1.807, 2.05) is 60.7 Å². The van der Waals surface area contributed by atoms with Gasteiger partial charge in [-0.15, -0.1) is 0 Å². The maximum Gasteiger partial charge on any atom is 0.124 e. The third-order valence-corrected chi connectivity index (χ3v) is 4.31. The highest BCUT2D eigenvalue weighted by Gasteiger charge is 2.06. The fraction of sp³-hybridized carbons (Fsp3) is 0.182. The first-order valence-corrected chi connectivity index (χ1v) is 8.99. The highest BCUT2D eigenvalue weighted by molar-refractivity contribution is 6.30. The molecule has 3 rings (SSSR count). The molecule has 2 nitrogen and oxygen atoms in total. The van der Waals surface area contributed by atoms with Crippen molar-refractivity contribution in [1.82, 2.24) is 5.32 Å². The summed E-state index contributed by atoms with van der Waals surface area (Å²) in [5.74, 6) is 0.619. The molecule has 0 aliphatic heterocycles. The minimum absolute atomic E-state index is 0.208. The maximum absolute atomic E-state index is 12.9. The van der Waals surface area contributed by atoms with E-state index in [4.69, 9.17) is 16.3 Å². The fourth-order valence-corrected chi connectivity index (χ4v) is 2.86. The summed E-state index contributed by atoms with van der Waals surface area (Å²) < 4.78 is 18.9. The second-order valence-electron chi connectivity index (χ2n) is 6.08. The van der Waals surface area contributed by atoms with Crippen LogP contribution in [0, 0.1) is 5.82 Å². The molecule has 0 bridgehead atoms. The van der Waals surface area contributed by atoms with Crippen molar-refractivity contribution in [2.24, 2.45) is 0 Å². The molecule has 3 aromatic carbocycles. The predicted octanol–water partition coefficient (Wildman–Crippen LogP) is 5.39. The number of benzene rings is 3. The lowest BCUT2D eigenvalue weighted by atomic mass is 10.1. The largest absolute Gasteiger partial charge is 0.489 e. The van der Waals surface area contributed by atoms with Crippen LogP contribution in [0.4, 0.5) is 4.39 Å². The van der Waals surface area contributed by atoms with Crippen molar-refractivity contribution in [2.45, 2.75) is 19.6 Å². The molecule has 0 atom stereocenters. The molecule has 0 saturated carbocycles. The lowest BCUT2D eigenvalue weighted by Gasteiger charge is -2.13. The molecular weight excluding hydrogens is 349 g/mol. The van der Waals surface area contributed by atoms with Gasteiger partial charge in [0.15, 0.2) is 0 Å². The molecule has 0 aliphatic rings. The predicted molar refractivity (Wildman–Crippen MR) is 104 cm³/mol. The summed E-state index contributed by atoms with van der Waals surface area (Å²) in [5, 5.41) is 4.09. The Morgan fingerprint density at radius 2 is 1.65 bits per heavy atom. The number of nitrogens with one attached hydrogen (secondary N) is 1. The Morgan fingerprint density at radius 1 is 0.885 bits per heavy atom. The van der Waals surface area contributed by atoms with Crippen LogP contribution in [0.25, 0.3) is 0 Å². The molecule has 4 heteroatoms. The van der Waals surface area contributed by atoms with Crippen molar-refractivity contribution >= 4 is 11.6 Å². The summed E-state index contributed by atoms with van der Waals surface area (Å²) in [4.78, 5) is 0. The second-order valence-corrected chi connectivity index (χ2v) is 6.52. The van der Waals surface area contributed by atoms with E-state index >= 15 is 0 Å². The van der Waals surface area contributed by atoms with Gasteiger partial charge < -0.3 is 10.1 Å². The van der Waals surface area contributed by atoms with Crippen molar-refractivity contribution in [3.05, 3.63) is 100 Å². The van der Waals surface area contributed by atoms with Gasteiger partial charge in [-0.3, -0.25) is 0 Å². The molecule has 26 heavy (non-hydrogen) atoms. The lowest BCUT2D eigenvalue weighted by molar-refractivity contribution is 0.302. The molecule has 1 N–H and O–H groups in total. The Morgan fingerprint density at radius 3 is 2.42 bits per heavy atom. The van der Waals surface area contributed by atoms with Crippen LogP contribution >= 0.6 is 11.6 Å². The Hall–Kier alpha value is -2.36. The first-order valence-electron chi connectivity index (χ1n) is 8.61. The molecule has 0 fully saturated rings. The third-order valence-electron chi connectivity index (χ3n) is 4.08. The van der Waals surface area contributed by atoms with Crippen molar-refractivity contribution in [3.63, 3.8) is 0 Å². The Kier molecular flexibility index (Phi) is 6.64. The van der Waals surface area contributed by atoms with E-state index < -0.39 is 0 Å². The van der Waals surface area contributed by atoms with Crippen LogP contribution in [0.15, 0.2) is 72.8 Å². The van der Waals surface area contributed by atoms with Crippen LogP contribution in [0.2, 0.25) is 5.02 Å². The number of halogens is 2. The molecular formula is C22H21ClFNO. The van der Waals surface area contributed by atoms with Crippen molar-refractivity contribution in [3.8, 4) is 5.75 Å². The normalized spacial score (nSPS) is 10.7. The zero-order valence-electron chi connectivity index (χ0n) is 14.4. The Bertz CT molecular complexity index is 821. The first-order chi connectivity index (χ1) is 12.7. The Labute approximate surface area is 158 Å². The molecule has 0 unspecified atom stereocenters. The molecule has 3 aromatic rings. The van der Waals surface area contributed by atoms with Crippen LogP contribution in [0.3, 0.4) is 0 Å². The van der Waals surface area contributed by atoms with E-state index in [0.29, 0.717) is 18.2 Å². The standard InChI is InChI=1S/C22H21ClFNO/c23-20-8-11-22(26-16-18-4-2-1-3-5-18)19(14-20)15-25-13-12-17-6-9-21(24)10-7-17/h1-11,14,25H,12-13,15-16H2. The zero-order chi connectivity index (χ0) is 18.2. The highest BCUT2D eigenvalue weighted by atomic mass is 35.5. The average Bonchev–Trinajstić information content (AvgIpc) is 2.67. The van der Waals surface area contributed by atoms with Gasteiger partial charge in [0.25, 0.3) is 0 Å². The monoisotopic (exact) mass is 369 g/mol. The van der Waals surface area contributed by atoms with E-state index in [9.17, 15) is 4.39 Å². The summed E-state index contributed by atoms with van der Waals surface area (Å²) in [7, 11) is 0. The van der Waals surface area contributed by atoms with Gasteiger partial charge in [-0.1, -0.05) is 54.1 Å². The molecule has 0 radical (unpaired) electrons. The summed E-state index contributed by atoms with van der Waals surface area (Å²) in [6, 6.07) is 22.3. The van der Waals surface area contributed by atoms with E-state index in [1.54, 1.807) is 0 Å². The smallest absolute Gasteiger partial charge is 0.124 e. The van der Waals surface area contributed by atoms with Crippen LogP contribution in [0.5, 0.6) is 5.75 Å². The van der Waals surface area contributed by atoms with Gasteiger partial charge in [0.1, 0.15) is 18.2 Å². The van der Waals surface area contributed by atoms with Gasteiger partial charge in [-0.05, 0) is 54.4 Å². The van der Waals surface area contributed by atoms with Gasteiger partial charge in [0, 0.05) is 17.1 Å². The highest BCUT2D eigenvalue weighted by Crippen LogP contribution is 2.24. The minimum atomic E-state index is -0.208. The number of hydrogen-bond donors (Lipinski definition) is 1. The van der Waals surface area contributed by atoms with Crippen LogP contribution in [-0.4, -0.2) is 6.54 Å². The first kappa shape index (κ1) is 18.4. The minimum Gasteiger partial charge on any atom is -0.489 e. The fourth-order valence-electron chi connectivity index (χ4n) is 2.67. The number of rotatable bonds is 8. The second kappa shape index (κ2) is 9.37. The molecule has 0 saturated heterocycles. The summed E-state index contributed by atoms with van der Waals surface area (Å²) >= 11 is 6.14. The van der Waals surface area contributed by atoms with Gasteiger partial charge >= 0.3 is 0 Å². The van der Waals surface area contributed by atoms with Crippen molar-refractivity contribution in [1.29, 1.82) is 0 Å². The van der Waals surface area contributed by atoms with Crippen LogP contribution in [0.1, 0.15) is 16.7 Å². The topological polar surface area (TPSA) is 21.3 Å². The van der Waals surface area contributed by atoms with Gasteiger partial charge in [-0.25, -0.2) is 4.39 Å². The van der Waals surface area contributed by atoms with Gasteiger partial charge in [0.05, 0.1) is 0 Å². The summed E-state index contributed by atoms with van der Waals surface area (Å²) in [6.45, 7) is 1.97. The van der Waals surface area contributed by atoms with Crippen molar-refractivity contribution < 1.29 is 9.13 Å². The molecule has 0 aromatic heterocycles. The number of ether oxygens (including phenoxy) is 1. The van der Waals surface area contributed by atoms with E-state index in [0.717, 1.165) is 35.4 Å². The summed E-state index contributed by atoms with van der Waals surface area (Å²) in [5.41, 5.74) is 3.25. The Balaban J connectivity index is 1.54. The number of hydrogen-bond acceptors (Lipinski definition) is 2. The third kappa shape index (κ3) is 5.58. The van der Waals surface area contributed by atoms with E-state index in [2.05, 4.69) is 5.32 Å². The van der Waals surface area contributed by atoms with Gasteiger partial charge in [-0.2, -0.15) is 0 Å². The molecule has 0 aliphatic carbocycles. The van der Waals surface area contributed by atoms with E-state index in [1.165, 1.54) is 12.1 Å². The molecule has 134 valence electrons. The van der Waals surface area contributed by atoms with Gasteiger partial charge in [0.2, 0.25) is 0 Å². The van der Waals surface area contributed by atoms with Crippen molar-refractivity contribution in [2.75, 3.05) is 6.54 Å². The van der Waals surface area contributed by atoms with Crippen LogP contribution < -0.4 is 10.1 Å². The van der Waals surface area contributed by atoms with E-state index in [-0.39, 0.29) is 5.82 Å². The summed E-state index contributed by atoms with van der Waals surface area (Å²) in [6.07, 6.45) is 0.834. The maximum atomic E-state index is 12.9. The lowest BCUT2D eigenvalue weighted by Crippen LogP contribution is -2.17. The molecule has 0 amide bonds. The SMILES string of the molecule is Fc1ccc(CCNCc2cc(Cl)ccc2OCc2ccccc2)cc1. The quantitative estimate of drug-likeness (QED) is 0.537. The average molecular weight is 370 g/mol. The molecule has 0 heterocycles. The zero-order valence-corrected chi connectivity index (χ0v) is 15.2. The van der Waals surface area contributed by atoms with Crippen LogP contribution in [-0.2, 0) is 19.6 Å².